The van der Waals surface area contributed by atoms with Crippen LogP contribution in [-0.2, 0) is 14.3 Å². The van der Waals surface area contributed by atoms with Gasteiger partial charge in [0.25, 0.3) is 0 Å². The maximum absolute atomic E-state index is 13.5. The Bertz CT molecular complexity index is 994. The van der Waals surface area contributed by atoms with Gasteiger partial charge in [0, 0.05) is 43.9 Å². The Morgan fingerprint density at radius 2 is 1.83 bits per heavy atom. The SMILES string of the molecule is CC(=O)OC1=C([C@@H](CC(=O)c2ccccn2)c2ccc(F)cc2)C(=O)CC(C)(C)C1. The molecule has 1 aliphatic carbocycles. The van der Waals surface area contributed by atoms with E-state index in [2.05, 4.69) is 4.98 Å². The lowest BCUT2D eigenvalue weighted by atomic mass is 9.71. The van der Waals surface area contributed by atoms with Gasteiger partial charge in [0.15, 0.2) is 11.6 Å². The van der Waals surface area contributed by atoms with E-state index in [1.807, 2.05) is 13.8 Å². The third kappa shape index (κ3) is 5.06. The topological polar surface area (TPSA) is 73.3 Å². The number of hydrogen-bond acceptors (Lipinski definition) is 5. The molecule has 0 bridgehead atoms. The van der Waals surface area contributed by atoms with Crippen LogP contribution in [0.3, 0.4) is 0 Å². The molecule has 0 aliphatic heterocycles. The summed E-state index contributed by atoms with van der Waals surface area (Å²) in [5, 5.41) is 0. The quantitative estimate of drug-likeness (QED) is 0.507. The molecule has 3 rings (SSSR count). The number of pyridine rings is 1. The molecule has 6 heteroatoms. The number of allylic oxidation sites excluding steroid dienone is 2. The molecule has 1 aromatic carbocycles. The van der Waals surface area contributed by atoms with Crippen molar-refractivity contribution in [2.45, 2.75) is 46.0 Å². The van der Waals surface area contributed by atoms with E-state index in [1.54, 1.807) is 30.3 Å². The van der Waals surface area contributed by atoms with Crippen molar-refractivity contribution in [3.8, 4) is 0 Å². The monoisotopic (exact) mass is 409 g/mol. The average Bonchev–Trinajstić information content (AvgIpc) is 2.66. The Kier molecular flexibility index (Phi) is 6.25. The third-order valence-corrected chi connectivity index (χ3v) is 5.11. The predicted octanol–water partition coefficient (Wildman–Crippen LogP) is 4.78. The molecule has 0 amide bonds. The molecule has 0 radical (unpaired) electrons. The Hall–Kier alpha value is -3.15. The van der Waals surface area contributed by atoms with E-state index < -0.39 is 17.7 Å². The molecule has 0 unspecified atom stereocenters. The third-order valence-electron chi connectivity index (χ3n) is 5.11. The van der Waals surface area contributed by atoms with Crippen LogP contribution in [0.1, 0.15) is 62.0 Å². The van der Waals surface area contributed by atoms with Crippen molar-refractivity contribution in [3.05, 3.63) is 77.1 Å². The second-order valence-corrected chi connectivity index (χ2v) is 8.32. The summed E-state index contributed by atoms with van der Waals surface area (Å²) in [6.07, 6.45) is 2.14. The number of nitrogens with zero attached hydrogens (tertiary/aromatic N) is 1. The maximum atomic E-state index is 13.5. The minimum absolute atomic E-state index is 0.0467. The molecule has 1 aromatic heterocycles. The number of carbonyl (C=O) groups excluding carboxylic acids is 3. The highest BCUT2D eigenvalue weighted by Crippen LogP contribution is 2.43. The van der Waals surface area contributed by atoms with Gasteiger partial charge in [0.05, 0.1) is 0 Å². The molecule has 1 atom stereocenters. The van der Waals surface area contributed by atoms with Gasteiger partial charge in [-0.15, -0.1) is 0 Å². The van der Waals surface area contributed by atoms with Crippen molar-refractivity contribution in [1.82, 2.24) is 4.98 Å². The molecule has 0 saturated carbocycles. The van der Waals surface area contributed by atoms with E-state index in [0.29, 0.717) is 17.6 Å². The summed E-state index contributed by atoms with van der Waals surface area (Å²) >= 11 is 0. The van der Waals surface area contributed by atoms with E-state index >= 15 is 0 Å². The molecule has 1 aliphatic rings. The summed E-state index contributed by atoms with van der Waals surface area (Å²) in [5.74, 6) is -1.76. The highest BCUT2D eigenvalue weighted by atomic mass is 19.1. The smallest absolute Gasteiger partial charge is 0.307 e. The fourth-order valence-corrected chi connectivity index (χ4v) is 3.83. The molecule has 0 fully saturated rings. The summed E-state index contributed by atoms with van der Waals surface area (Å²) in [6.45, 7) is 5.14. The molecule has 30 heavy (non-hydrogen) atoms. The van der Waals surface area contributed by atoms with Gasteiger partial charge < -0.3 is 4.74 Å². The summed E-state index contributed by atoms with van der Waals surface area (Å²) < 4.78 is 19.0. The zero-order valence-electron chi connectivity index (χ0n) is 17.3. The van der Waals surface area contributed by atoms with Crippen molar-refractivity contribution in [2.75, 3.05) is 0 Å². The van der Waals surface area contributed by atoms with Gasteiger partial charge in [-0.05, 0) is 35.2 Å². The van der Waals surface area contributed by atoms with Crippen LogP contribution < -0.4 is 0 Å². The summed E-state index contributed by atoms with van der Waals surface area (Å²) in [6, 6.07) is 10.7. The number of esters is 1. The van der Waals surface area contributed by atoms with Crippen molar-refractivity contribution >= 4 is 17.5 Å². The Labute approximate surface area is 175 Å². The summed E-state index contributed by atoms with van der Waals surface area (Å²) in [4.78, 5) is 41.9. The summed E-state index contributed by atoms with van der Waals surface area (Å²) in [5.41, 5.74) is 0.820. The first kappa shape index (κ1) is 21.6. The Balaban J connectivity index is 2.10. The zero-order valence-corrected chi connectivity index (χ0v) is 17.3. The molecular weight excluding hydrogens is 385 g/mol. The van der Waals surface area contributed by atoms with Crippen LogP contribution in [0, 0.1) is 11.2 Å². The van der Waals surface area contributed by atoms with E-state index in [9.17, 15) is 18.8 Å². The van der Waals surface area contributed by atoms with Gasteiger partial charge in [-0.3, -0.25) is 19.4 Å². The molecule has 0 saturated heterocycles. The van der Waals surface area contributed by atoms with Crippen LogP contribution in [0.5, 0.6) is 0 Å². The summed E-state index contributed by atoms with van der Waals surface area (Å²) in [7, 11) is 0. The average molecular weight is 409 g/mol. The fraction of sp³-hybridized carbons (Fsp3) is 0.333. The number of hydrogen-bond donors (Lipinski definition) is 0. The number of carbonyl (C=O) groups is 3. The lowest BCUT2D eigenvalue weighted by Gasteiger charge is -2.34. The number of benzene rings is 1. The largest absolute Gasteiger partial charge is 0.431 e. The van der Waals surface area contributed by atoms with Gasteiger partial charge in [-0.1, -0.05) is 32.0 Å². The number of aromatic nitrogens is 1. The number of ketones is 2. The van der Waals surface area contributed by atoms with Crippen LogP contribution in [0.25, 0.3) is 0 Å². The second-order valence-electron chi connectivity index (χ2n) is 8.32. The molecule has 0 spiro atoms. The van der Waals surface area contributed by atoms with Crippen LogP contribution in [0.2, 0.25) is 0 Å². The van der Waals surface area contributed by atoms with Crippen LogP contribution in [-0.4, -0.2) is 22.5 Å². The van der Waals surface area contributed by atoms with Gasteiger partial charge >= 0.3 is 5.97 Å². The van der Waals surface area contributed by atoms with Crippen molar-refractivity contribution in [1.29, 1.82) is 0 Å². The predicted molar refractivity (Wildman–Crippen MR) is 109 cm³/mol. The van der Waals surface area contributed by atoms with Gasteiger partial charge in [0.1, 0.15) is 17.3 Å². The minimum atomic E-state index is -0.668. The number of ether oxygens (including phenoxy) is 1. The minimum Gasteiger partial charge on any atom is -0.431 e. The van der Waals surface area contributed by atoms with Crippen molar-refractivity contribution < 1.29 is 23.5 Å². The first-order chi connectivity index (χ1) is 14.2. The van der Waals surface area contributed by atoms with Crippen LogP contribution in [0.4, 0.5) is 4.39 Å². The van der Waals surface area contributed by atoms with Gasteiger partial charge in [0.2, 0.25) is 0 Å². The maximum Gasteiger partial charge on any atom is 0.307 e. The Morgan fingerprint density at radius 3 is 2.43 bits per heavy atom. The zero-order chi connectivity index (χ0) is 21.9. The lowest BCUT2D eigenvalue weighted by Crippen LogP contribution is -2.30. The molecule has 0 N–H and O–H groups in total. The Morgan fingerprint density at radius 1 is 1.13 bits per heavy atom. The molecule has 5 nitrogen and oxygen atoms in total. The first-order valence-corrected chi connectivity index (χ1v) is 9.80. The lowest BCUT2D eigenvalue weighted by molar-refractivity contribution is -0.138. The second kappa shape index (κ2) is 8.69. The molecule has 156 valence electrons. The molecule has 2 aromatic rings. The van der Waals surface area contributed by atoms with E-state index in [0.717, 1.165) is 0 Å². The van der Waals surface area contributed by atoms with Crippen LogP contribution >= 0.6 is 0 Å². The molecule has 1 heterocycles. The highest BCUT2D eigenvalue weighted by molar-refractivity contribution is 6.01. The van der Waals surface area contributed by atoms with Crippen molar-refractivity contribution in [3.63, 3.8) is 0 Å². The van der Waals surface area contributed by atoms with E-state index in [4.69, 9.17) is 4.74 Å². The number of rotatable bonds is 6. The number of halogens is 1. The van der Waals surface area contributed by atoms with Gasteiger partial charge in [-0.25, -0.2) is 4.39 Å². The van der Waals surface area contributed by atoms with E-state index in [-0.39, 0.29) is 41.3 Å². The van der Waals surface area contributed by atoms with Gasteiger partial charge in [-0.2, -0.15) is 0 Å². The normalized spacial score (nSPS) is 16.9. The highest BCUT2D eigenvalue weighted by Gasteiger charge is 2.39. The van der Waals surface area contributed by atoms with E-state index in [1.165, 1.54) is 25.3 Å². The fourth-order valence-electron chi connectivity index (χ4n) is 3.83. The number of Topliss-reactive ketones (excluding diaryl/α,β-unsaturated/α-hetero) is 2. The molecular formula is C24H24FNO4. The first-order valence-electron chi connectivity index (χ1n) is 9.80. The van der Waals surface area contributed by atoms with Crippen molar-refractivity contribution in [2.24, 2.45) is 5.41 Å². The standard InChI is InChI=1S/C24H24FNO4/c1-15(27)30-22-14-24(2,3)13-21(29)23(22)18(16-7-9-17(25)10-8-16)12-20(28)19-6-4-5-11-26-19/h4-11,18H,12-14H2,1-3H3/t18-/m0/s1. The van der Waals surface area contributed by atoms with Crippen LogP contribution in [0.15, 0.2) is 60.0 Å².